The van der Waals surface area contributed by atoms with Gasteiger partial charge < -0.3 is 9.64 Å². The molecule has 0 radical (unpaired) electrons. The first kappa shape index (κ1) is 17.1. The first-order valence-corrected chi connectivity index (χ1v) is 9.03. The smallest absolute Gasteiger partial charge is 0.233 e. The summed E-state index contributed by atoms with van der Waals surface area (Å²) < 4.78 is 36.2. The molecule has 2 aromatic rings. The lowest BCUT2D eigenvalue weighted by molar-refractivity contribution is -0.124. The van der Waals surface area contributed by atoms with E-state index in [2.05, 4.69) is 5.10 Å². The number of hydrogen-bond acceptors (Lipinski definition) is 3. The lowest BCUT2D eigenvalue weighted by Crippen LogP contribution is -2.41. The van der Waals surface area contributed by atoms with Crippen molar-refractivity contribution in [1.82, 2.24) is 9.78 Å². The van der Waals surface area contributed by atoms with Gasteiger partial charge >= 0.3 is 0 Å². The molecule has 5 nitrogen and oxygen atoms in total. The molecule has 0 N–H and O–H groups in total. The molecule has 0 spiro atoms. The average molecular weight is 361 g/mol. The first-order valence-electron chi connectivity index (χ1n) is 9.03. The van der Waals surface area contributed by atoms with Crippen molar-refractivity contribution >= 4 is 11.6 Å². The quantitative estimate of drug-likeness (QED) is 0.843. The molecule has 3 heterocycles. The zero-order valence-corrected chi connectivity index (χ0v) is 14.6. The Labute approximate surface area is 150 Å². The van der Waals surface area contributed by atoms with Crippen LogP contribution in [0.3, 0.4) is 0 Å². The third kappa shape index (κ3) is 2.70. The molecule has 1 aromatic carbocycles. The fraction of sp³-hybridized carbons (Fsp3) is 0.474. The zero-order chi connectivity index (χ0) is 18.3. The highest BCUT2D eigenvalue weighted by Gasteiger charge is 2.41. The monoisotopic (exact) mass is 361 g/mol. The van der Waals surface area contributed by atoms with E-state index in [-0.39, 0.29) is 11.6 Å². The average Bonchev–Trinajstić information content (AvgIpc) is 3.32. The van der Waals surface area contributed by atoms with Crippen LogP contribution < -0.4 is 4.90 Å². The Bertz CT molecular complexity index is 836. The minimum atomic E-state index is -0.552. The number of carbonyl (C=O) groups excluding carboxylic acids is 1. The molecule has 2 aliphatic heterocycles. The van der Waals surface area contributed by atoms with Crippen molar-refractivity contribution < 1.29 is 18.3 Å². The van der Waals surface area contributed by atoms with Crippen molar-refractivity contribution in [1.29, 1.82) is 0 Å². The maximum atomic E-state index is 14.4. The Kier molecular flexibility index (Phi) is 4.48. The molecule has 0 unspecified atom stereocenters. The van der Waals surface area contributed by atoms with Gasteiger partial charge in [-0.15, -0.1) is 0 Å². The number of fused-ring (bicyclic) bond motifs is 1. The number of aryl methyl sites for hydroxylation is 1. The van der Waals surface area contributed by atoms with Crippen LogP contribution in [-0.2, 0) is 22.5 Å². The largest absolute Gasteiger partial charge is 0.371 e. The molecule has 1 fully saturated rings. The third-order valence-electron chi connectivity index (χ3n) is 5.27. The third-order valence-corrected chi connectivity index (χ3v) is 5.27. The van der Waals surface area contributed by atoms with E-state index < -0.39 is 23.7 Å². The lowest BCUT2D eigenvalue weighted by atomic mass is 9.94. The van der Waals surface area contributed by atoms with Crippen LogP contribution in [0.1, 0.15) is 37.1 Å². The van der Waals surface area contributed by atoms with Crippen LogP contribution in [0.5, 0.6) is 0 Å². The van der Waals surface area contributed by atoms with E-state index in [1.54, 1.807) is 10.9 Å². The normalized spacial score (nSPS) is 22.5. The van der Waals surface area contributed by atoms with Crippen LogP contribution >= 0.6 is 0 Å². The molecular formula is C19H21F2N3O2. The van der Waals surface area contributed by atoms with E-state index in [0.29, 0.717) is 44.5 Å². The Morgan fingerprint density at radius 3 is 2.92 bits per heavy atom. The summed E-state index contributed by atoms with van der Waals surface area (Å²) in [6, 6.07) is 4.07. The first-order chi connectivity index (χ1) is 12.6. The number of nitrogens with zero attached hydrogens (tertiary/aromatic N) is 3. The van der Waals surface area contributed by atoms with Gasteiger partial charge in [-0.3, -0.25) is 9.48 Å². The molecule has 0 saturated carbocycles. The van der Waals surface area contributed by atoms with Gasteiger partial charge in [-0.25, -0.2) is 8.78 Å². The van der Waals surface area contributed by atoms with Crippen LogP contribution in [0.2, 0.25) is 0 Å². The van der Waals surface area contributed by atoms with E-state index in [1.807, 2.05) is 13.0 Å². The number of carbonyl (C=O) groups is 1. The zero-order valence-electron chi connectivity index (χ0n) is 14.6. The fourth-order valence-electron chi connectivity index (χ4n) is 4.04. The molecule has 4 rings (SSSR count). The molecule has 26 heavy (non-hydrogen) atoms. The molecule has 1 aromatic heterocycles. The molecular weight excluding hydrogens is 340 g/mol. The van der Waals surface area contributed by atoms with E-state index in [9.17, 15) is 13.6 Å². The minimum Gasteiger partial charge on any atom is -0.371 e. The van der Waals surface area contributed by atoms with Gasteiger partial charge in [0.25, 0.3) is 0 Å². The van der Waals surface area contributed by atoms with E-state index in [0.717, 1.165) is 17.8 Å². The fourth-order valence-corrected chi connectivity index (χ4v) is 4.04. The Hall–Kier alpha value is -2.28. The number of amides is 1. The maximum Gasteiger partial charge on any atom is 0.233 e. The number of halogens is 2. The van der Waals surface area contributed by atoms with E-state index in [4.69, 9.17) is 4.74 Å². The molecule has 0 aliphatic carbocycles. The Morgan fingerprint density at radius 2 is 2.12 bits per heavy atom. The summed E-state index contributed by atoms with van der Waals surface area (Å²) in [7, 11) is 0. The number of anilines is 1. The number of rotatable bonds is 3. The van der Waals surface area contributed by atoms with Gasteiger partial charge in [0.1, 0.15) is 17.7 Å². The van der Waals surface area contributed by atoms with Gasteiger partial charge in [-0.2, -0.15) is 5.10 Å². The number of benzene rings is 1. The summed E-state index contributed by atoms with van der Waals surface area (Å²) in [6.07, 6.45) is 2.89. The number of ether oxygens (including phenoxy) is 1. The topological polar surface area (TPSA) is 47.4 Å². The van der Waals surface area contributed by atoms with Crippen molar-refractivity contribution in [2.24, 2.45) is 5.92 Å². The van der Waals surface area contributed by atoms with Crippen LogP contribution in [0.25, 0.3) is 0 Å². The molecule has 2 aliphatic rings. The second kappa shape index (κ2) is 6.79. The summed E-state index contributed by atoms with van der Waals surface area (Å²) in [5.41, 5.74) is 1.23. The number of aromatic nitrogens is 2. The minimum absolute atomic E-state index is 0.0934. The molecule has 0 bridgehead atoms. The summed E-state index contributed by atoms with van der Waals surface area (Å²) in [5.74, 6) is -1.64. The predicted molar refractivity (Wildman–Crippen MR) is 91.7 cm³/mol. The lowest BCUT2D eigenvalue weighted by Gasteiger charge is -2.33. The van der Waals surface area contributed by atoms with Gasteiger partial charge in [0.15, 0.2) is 0 Å². The van der Waals surface area contributed by atoms with Gasteiger partial charge in [0, 0.05) is 31.5 Å². The van der Waals surface area contributed by atoms with Crippen LogP contribution in [-0.4, -0.2) is 28.8 Å². The van der Waals surface area contributed by atoms with Crippen molar-refractivity contribution in [3.8, 4) is 0 Å². The summed E-state index contributed by atoms with van der Waals surface area (Å²) >= 11 is 0. The molecule has 2 atom stereocenters. The van der Waals surface area contributed by atoms with Crippen LogP contribution in [0.15, 0.2) is 24.4 Å². The second-order valence-electron chi connectivity index (χ2n) is 6.71. The summed E-state index contributed by atoms with van der Waals surface area (Å²) in [4.78, 5) is 14.7. The Balaban J connectivity index is 1.68. The van der Waals surface area contributed by atoms with Crippen LogP contribution in [0, 0.1) is 17.6 Å². The Morgan fingerprint density at radius 1 is 1.31 bits per heavy atom. The van der Waals surface area contributed by atoms with Gasteiger partial charge in [-0.05, 0) is 44.4 Å². The molecule has 7 heteroatoms. The SMILES string of the molecule is CCn1nccc1[C@@H]1OCC[C@H]1C(=O)N1CCCc2c(F)ccc(F)c21. The number of hydrogen-bond donors (Lipinski definition) is 0. The molecule has 1 amide bonds. The predicted octanol–water partition coefficient (Wildman–Crippen LogP) is 3.24. The molecule has 1 saturated heterocycles. The molecule has 138 valence electrons. The van der Waals surface area contributed by atoms with E-state index in [1.165, 1.54) is 4.90 Å². The standard InChI is InChI=1S/C19H21F2N3O2/c1-2-24-16(7-9-22-24)18-13(8-11-26-18)19(25)23-10-3-4-12-14(20)5-6-15(21)17(12)23/h5-7,9,13,18H,2-4,8,10-11H2,1H3/t13-,18-/m1/s1. The highest BCUT2D eigenvalue weighted by molar-refractivity contribution is 5.97. The maximum absolute atomic E-state index is 14.4. The second-order valence-corrected chi connectivity index (χ2v) is 6.71. The van der Waals surface area contributed by atoms with Gasteiger partial charge in [0.2, 0.25) is 5.91 Å². The summed E-state index contributed by atoms with van der Waals surface area (Å²) in [6.45, 7) is 3.50. The van der Waals surface area contributed by atoms with Crippen molar-refractivity contribution in [3.63, 3.8) is 0 Å². The van der Waals surface area contributed by atoms with E-state index >= 15 is 0 Å². The van der Waals surface area contributed by atoms with Gasteiger partial charge in [-0.1, -0.05) is 0 Å². The highest BCUT2D eigenvalue weighted by Crippen LogP contribution is 2.39. The van der Waals surface area contributed by atoms with Crippen molar-refractivity contribution in [2.75, 3.05) is 18.1 Å². The van der Waals surface area contributed by atoms with Crippen molar-refractivity contribution in [3.05, 3.63) is 47.3 Å². The van der Waals surface area contributed by atoms with Crippen LogP contribution in [0.4, 0.5) is 14.5 Å². The van der Waals surface area contributed by atoms with Crippen molar-refractivity contribution in [2.45, 2.75) is 38.8 Å². The summed E-state index contributed by atoms with van der Waals surface area (Å²) in [5, 5.41) is 4.25. The highest BCUT2D eigenvalue weighted by atomic mass is 19.1. The van der Waals surface area contributed by atoms with Gasteiger partial charge in [0.05, 0.1) is 17.3 Å².